The van der Waals surface area contributed by atoms with Gasteiger partial charge < -0.3 is 4.74 Å². The number of nitro benzene ring substituents is 1. The Bertz CT molecular complexity index is 661. The van der Waals surface area contributed by atoms with Gasteiger partial charge in [-0.1, -0.05) is 23.7 Å². The SMILES string of the molecule is Cc1ccc(OCc2ccc(F)cc2Cl)c([N+](=O)[O-])c1. The highest BCUT2D eigenvalue weighted by molar-refractivity contribution is 6.31. The molecule has 0 unspecified atom stereocenters. The number of hydrogen-bond acceptors (Lipinski definition) is 3. The summed E-state index contributed by atoms with van der Waals surface area (Å²) in [6.45, 7) is 1.79. The van der Waals surface area contributed by atoms with Crippen LogP contribution in [0.25, 0.3) is 0 Å². The van der Waals surface area contributed by atoms with Crippen molar-refractivity contribution in [3.8, 4) is 5.75 Å². The number of aryl methyl sites for hydroxylation is 1. The van der Waals surface area contributed by atoms with E-state index in [1.165, 1.54) is 30.3 Å². The Morgan fingerprint density at radius 1 is 1.30 bits per heavy atom. The lowest BCUT2D eigenvalue weighted by Gasteiger charge is -2.08. The Labute approximate surface area is 119 Å². The molecule has 0 saturated heterocycles. The Morgan fingerprint density at radius 3 is 2.70 bits per heavy atom. The van der Waals surface area contributed by atoms with E-state index < -0.39 is 10.7 Å². The zero-order valence-electron chi connectivity index (χ0n) is 10.6. The molecule has 0 heterocycles. The molecule has 0 amide bonds. The number of hydrogen-bond donors (Lipinski definition) is 0. The highest BCUT2D eigenvalue weighted by Gasteiger charge is 2.15. The molecule has 0 fully saturated rings. The van der Waals surface area contributed by atoms with Crippen molar-refractivity contribution in [2.75, 3.05) is 0 Å². The summed E-state index contributed by atoms with van der Waals surface area (Å²) in [4.78, 5) is 10.4. The van der Waals surface area contributed by atoms with Gasteiger partial charge in [0.2, 0.25) is 0 Å². The third kappa shape index (κ3) is 3.24. The van der Waals surface area contributed by atoms with Crippen LogP contribution in [0.15, 0.2) is 36.4 Å². The summed E-state index contributed by atoms with van der Waals surface area (Å²) in [6.07, 6.45) is 0. The molecule has 0 aliphatic carbocycles. The van der Waals surface area contributed by atoms with Crippen LogP contribution in [-0.4, -0.2) is 4.92 Å². The van der Waals surface area contributed by atoms with Crippen molar-refractivity contribution in [2.45, 2.75) is 13.5 Å². The highest BCUT2D eigenvalue weighted by Crippen LogP contribution is 2.29. The molecular formula is C14H11ClFNO3. The summed E-state index contributed by atoms with van der Waals surface area (Å²) in [5.41, 5.74) is 1.22. The zero-order chi connectivity index (χ0) is 14.7. The number of nitrogens with zero attached hydrogens (tertiary/aromatic N) is 1. The average Bonchev–Trinajstić information content (AvgIpc) is 2.38. The Hall–Kier alpha value is -2.14. The monoisotopic (exact) mass is 295 g/mol. The van der Waals surface area contributed by atoms with E-state index in [9.17, 15) is 14.5 Å². The normalized spacial score (nSPS) is 10.3. The number of rotatable bonds is 4. The fourth-order valence-electron chi connectivity index (χ4n) is 1.69. The number of benzene rings is 2. The van der Waals surface area contributed by atoms with Crippen LogP contribution in [0.5, 0.6) is 5.75 Å². The zero-order valence-corrected chi connectivity index (χ0v) is 11.4. The van der Waals surface area contributed by atoms with Gasteiger partial charge in [-0.3, -0.25) is 10.1 Å². The largest absolute Gasteiger partial charge is 0.482 e. The van der Waals surface area contributed by atoms with Crippen LogP contribution >= 0.6 is 11.6 Å². The molecule has 2 aromatic carbocycles. The summed E-state index contributed by atoms with van der Waals surface area (Å²) in [7, 11) is 0. The quantitative estimate of drug-likeness (QED) is 0.625. The van der Waals surface area contributed by atoms with Crippen LogP contribution in [0.2, 0.25) is 5.02 Å². The van der Waals surface area contributed by atoms with Crippen molar-refractivity contribution >= 4 is 17.3 Å². The summed E-state index contributed by atoms with van der Waals surface area (Å²) >= 11 is 5.87. The average molecular weight is 296 g/mol. The summed E-state index contributed by atoms with van der Waals surface area (Å²) in [5, 5.41) is 11.2. The first-order chi connectivity index (χ1) is 9.47. The van der Waals surface area contributed by atoms with Crippen LogP contribution in [0.1, 0.15) is 11.1 Å². The topological polar surface area (TPSA) is 52.4 Å². The Balaban J connectivity index is 2.20. The second-order valence-corrected chi connectivity index (χ2v) is 4.66. The predicted molar refractivity (Wildman–Crippen MR) is 73.6 cm³/mol. The maximum absolute atomic E-state index is 12.9. The first-order valence-electron chi connectivity index (χ1n) is 5.79. The van der Waals surface area contributed by atoms with Gasteiger partial charge in [0.25, 0.3) is 0 Å². The lowest BCUT2D eigenvalue weighted by atomic mass is 10.2. The van der Waals surface area contributed by atoms with Gasteiger partial charge in [0.1, 0.15) is 12.4 Å². The molecule has 0 radical (unpaired) electrons. The molecule has 2 aromatic rings. The minimum atomic E-state index is -0.505. The third-order valence-corrected chi connectivity index (χ3v) is 3.06. The molecule has 0 bridgehead atoms. The van der Waals surface area contributed by atoms with Crippen LogP contribution in [0, 0.1) is 22.9 Å². The molecule has 0 aromatic heterocycles. The van der Waals surface area contributed by atoms with E-state index in [0.717, 1.165) is 5.56 Å². The highest BCUT2D eigenvalue weighted by atomic mass is 35.5. The summed E-state index contributed by atoms with van der Waals surface area (Å²) in [5.74, 6) is -0.291. The molecule has 0 saturated carbocycles. The molecule has 6 heteroatoms. The maximum Gasteiger partial charge on any atom is 0.311 e. The Kier molecular flexibility index (Phi) is 4.20. The van der Waals surface area contributed by atoms with Crippen molar-refractivity contribution in [3.05, 3.63) is 68.5 Å². The maximum atomic E-state index is 12.9. The molecule has 0 spiro atoms. The van der Waals surface area contributed by atoms with Gasteiger partial charge >= 0.3 is 5.69 Å². The number of halogens is 2. The smallest absolute Gasteiger partial charge is 0.311 e. The molecule has 2 rings (SSSR count). The van der Waals surface area contributed by atoms with E-state index in [1.807, 2.05) is 0 Å². The molecule has 4 nitrogen and oxygen atoms in total. The first kappa shape index (κ1) is 14.3. The van der Waals surface area contributed by atoms with E-state index in [2.05, 4.69) is 0 Å². The van der Waals surface area contributed by atoms with Crippen molar-refractivity contribution in [1.29, 1.82) is 0 Å². The van der Waals surface area contributed by atoms with Crippen molar-refractivity contribution < 1.29 is 14.1 Å². The van der Waals surface area contributed by atoms with Crippen LogP contribution in [0.4, 0.5) is 10.1 Å². The lowest BCUT2D eigenvalue weighted by Crippen LogP contribution is -2.00. The standard InChI is InChI=1S/C14H11ClFNO3/c1-9-2-5-14(13(6-9)17(18)19)20-8-10-3-4-11(16)7-12(10)15/h2-7H,8H2,1H3. The summed E-state index contributed by atoms with van der Waals surface area (Å²) < 4.78 is 18.3. The van der Waals surface area contributed by atoms with E-state index in [0.29, 0.717) is 5.56 Å². The van der Waals surface area contributed by atoms with E-state index in [-0.39, 0.29) is 23.1 Å². The van der Waals surface area contributed by atoms with Crippen molar-refractivity contribution in [2.24, 2.45) is 0 Å². The van der Waals surface area contributed by atoms with Gasteiger partial charge in [0.15, 0.2) is 5.75 Å². The van der Waals surface area contributed by atoms with E-state index >= 15 is 0 Å². The minimum absolute atomic E-state index is 0.0308. The van der Waals surface area contributed by atoms with E-state index in [4.69, 9.17) is 16.3 Å². The molecule has 0 aliphatic heterocycles. The van der Waals surface area contributed by atoms with Gasteiger partial charge in [-0.05, 0) is 30.7 Å². The molecule has 20 heavy (non-hydrogen) atoms. The van der Waals surface area contributed by atoms with Gasteiger partial charge in [0, 0.05) is 11.6 Å². The van der Waals surface area contributed by atoms with Crippen LogP contribution in [-0.2, 0) is 6.61 Å². The molecule has 0 aliphatic rings. The van der Waals surface area contributed by atoms with Gasteiger partial charge in [-0.2, -0.15) is 0 Å². The van der Waals surface area contributed by atoms with Crippen LogP contribution in [0.3, 0.4) is 0 Å². The molecule has 104 valence electrons. The fourth-order valence-corrected chi connectivity index (χ4v) is 1.91. The first-order valence-corrected chi connectivity index (χ1v) is 6.17. The van der Waals surface area contributed by atoms with Crippen molar-refractivity contribution in [3.63, 3.8) is 0 Å². The minimum Gasteiger partial charge on any atom is -0.482 e. The second-order valence-electron chi connectivity index (χ2n) is 4.25. The molecule has 0 N–H and O–H groups in total. The number of nitro groups is 1. The summed E-state index contributed by atoms with van der Waals surface area (Å²) in [6, 6.07) is 8.59. The third-order valence-electron chi connectivity index (χ3n) is 2.71. The van der Waals surface area contributed by atoms with Crippen molar-refractivity contribution in [1.82, 2.24) is 0 Å². The molecular weight excluding hydrogens is 285 g/mol. The second kappa shape index (κ2) is 5.88. The molecule has 0 atom stereocenters. The van der Waals surface area contributed by atoms with Gasteiger partial charge in [-0.15, -0.1) is 0 Å². The lowest BCUT2D eigenvalue weighted by molar-refractivity contribution is -0.386. The van der Waals surface area contributed by atoms with E-state index in [1.54, 1.807) is 13.0 Å². The van der Waals surface area contributed by atoms with Crippen LogP contribution < -0.4 is 4.74 Å². The fraction of sp³-hybridized carbons (Fsp3) is 0.143. The number of ether oxygens (including phenoxy) is 1. The van der Waals surface area contributed by atoms with Gasteiger partial charge in [0.05, 0.1) is 9.95 Å². The Morgan fingerprint density at radius 2 is 2.05 bits per heavy atom. The predicted octanol–water partition coefficient (Wildman–Crippen LogP) is 4.27. The van der Waals surface area contributed by atoms with Gasteiger partial charge in [-0.25, -0.2) is 4.39 Å².